The number of ether oxygens (including phenoxy) is 1. The van der Waals surface area contributed by atoms with E-state index in [1.807, 2.05) is 6.07 Å². The molecule has 0 aromatic carbocycles. The summed E-state index contributed by atoms with van der Waals surface area (Å²) in [5.41, 5.74) is 6.08. The average molecular weight is 301 g/mol. The lowest BCUT2D eigenvalue weighted by atomic mass is 9.80. The fourth-order valence-electron chi connectivity index (χ4n) is 2.74. The number of carbonyl (C=O) groups is 1. The zero-order valence-corrected chi connectivity index (χ0v) is 11.4. The molecule has 0 fully saturated rings. The molecule has 2 heterocycles. The molecule has 0 spiro atoms. The van der Waals surface area contributed by atoms with Gasteiger partial charge in [0.15, 0.2) is 5.78 Å². The Labute approximate surface area is 124 Å². The van der Waals surface area contributed by atoms with Gasteiger partial charge in [0.05, 0.1) is 12.0 Å². The van der Waals surface area contributed by atoms with Crippen molar-refractivity contribution in [2.75, 3.05) is 0 Å². The number of Topliss-reactive ketones (excluding diaryl/α,β-unsaturated/α-hetero) is 1. The van der Waals surface area contributed by atoms with Crippen molar-refractivity contribution < 1.29 is 18.9 Å². The largest absolute Gasteiger partial charge is 0.444 e. The van der Waals surface area contributed by atoms with Crippen LogP contribution in [0.25, 0.3) is 0 Å². The van der Waals surface area contributed by atoms with Gasteiger partial charge in [-0.2, -0.15) is 5.26 Å². The first-order valence-corrected chi connectivity index (χ1v) is 6.61. The molecule has 0 saturated carbocycles. The highest BCUT2D eigenvalue weighted by molar-refractivity contribution is 5.99. The predicted octanol–water partition coefficient (Wildman–Crippen LogP) is 2.00. The monoisotopic (exact) mass is 301 g/mol. The van der Waals surface area contributed by atoms with Crippen molar-refractivity contribution in [3.8, 4) is 6.07 Å². The van der Waals surface area contributed by atoms with Crippen LogP contribution in [0.3, 0.4) is 0 Å². The van der Waals surface area contributed by atoms with Gasteiger partial charge in [0, 0.05) is 18.4 Å². The molecule has 1 aromatic rings. The molecular formula is C14H11N3O5. The van der Waals surface area contributed by atoms with Crippen LogP contribution in [-0.4, -0.2) is 10.7 Å². The molecule has 1 aromatic heterocycles. The van der Waals surface area contributed by atoms with E-state index in [2.05, 4.69) is 0 Å². The maximum atomic E-state index is 12.2. The van der Waals surface area contributed by atoms with Crippen molar-refractivity contribution in [1.82, 2.24) is 0 Å². The van der Waals surface area contributed by atoms with Crippen LogP contribution in [0.4, 0.5) is 5.88 Å². The van der Waals surface area contributed by atoms with Gasteiger partial charge in [-0.05, 0) is 12.5 Å². The van der Waals surface area contributed by atoms with Crippen LogP contribution in [0.1, 0.15) is 30.9 Å². The topological polar surface area (TPSA) is 132 Å². The Hall–Kier alpha value is -3.08. The van der Waals surface area contributed by atoms with Gasteiger partial charge in [-0.1, -0.05) is 0 Å². The van der Waals surface area contributed by atoms with Gasteiger partial charge < -0.3 is 14.9 Å². The Balaban J connectivity index is 2.15. The summed E-state index contributed by atoms with van der Waals surface area (Å²) in [7, 11) is 0. The van der Waals surface area contributed by atoms with Crippen molar-refractivity contribution >= 4 is 11.7 Å². The number of nitriles is 1. The van der Waals surface area contributed by atoms with Crippen LogP contribution in [0, 0.1) is 21.4 Å². The van der Waals surface area contributed by atoms with Gasteiger partial charge in [0.25, 0.3) is 0 Å². The summed E-state index contributed by atoms with van der Waals surface area (Å²) in [5.74, 6) is -1.02. The molecule has 112 valence electrons. The van der Waals surface area contributed by atoms with Gasteiger partial charge in [0.2, 0.25) is 5.88 Å². The summed E-state index contributed by atoms with van der Waals surface area (Å²) in [6, 6.07) is 4.47. The van der Waals surface area contributed by atoms with Crippen LogP contribution in [0.2, 0.25) is 0 Å². The molecule has 1 aliphatic heterocycles. The van der Waals surface area contributed by atoms with Crippen molar-refractivity contribution in [2.45, 2.75) is 25.2 Å². The summed E-state index contributed by atoms with van der Waals surface area (Å²) in [6.45, 7) is 0. The summed E-state index contributed by atoms with van der Waals surface area (Å²) >= 11 is 0. The van der Waals surface area contributed by atoms with Crippen molar-refractivity contribution in [1.29, 1.82) is 5.26 Å². The zero-order chi connectivity index (χ0) is 15.9. The van der Waals surface area contributed by atoms with E-state index in [1.165, 1.54) is 12.1 Å². The molecule has 8 nitrogen and oxygen atoms in total. The third-order valence-corrected chi connectivity index (χ3v) is 3.68. The fourth-order valence-corrected chi connectivity index (χ4v) is 2.74. The van der Waals surface area contributed by atoms with Crippen LogP contribution >= 0.6 is 0 Å². The minimum absolute atomic E-state index is 0.0262. The molecule has 2 aliphatic rings. The Morgan fingerprint density at radius 2 is 2.18 bits per heavy atom. The molecule has 22 heavy (non-hydrogen) atoms. The Morgan fingerprint density at radius 1 is 1.41 bits per heavy atom. The number of hydrogen-bond acceptors (Lipinski definition) is 7. The zero-order valence-electron chi connectivity index (χ0n) is 11.4. The third kappa shape index (κ3) is 2.03. The summed E-state index contributed by atoms with van der Waals surface area (Å²) < 4.78 is 10.6. The number of nitro groups is 1. The van der Waals surface area contributed by atoms with Gasteiger partial charge >= 0.3 is 5.88 Å². The number of allylic oxidation sites excluding steroid dienone is 3. The number of nitrogens with two attached hydrogens (primary N) is 1. The normalized spacial score (nSPS) is 21.2. The number of rotatable bonds is 2. The second-order valence-electron chi connectivity index (χ2n) is 4.97. The van der Waals surface area contributed by atoms with E-state index in [-0.39, 0.29) is 23.0 Å². The number of ketones is 1. The molecule has 8 heteroatoms. The van der Waals surface area contributed by atoms with Crippen LogP contribution < -0.4 is 5.73 Å². The van der Waals surface area contributed by atoms with E-state index in [0.717, 1.165) is 0 Å². The van der Waals surface area contributed by atoms with Crippen molar-refractivity contribution in [3.63, 3.8) is 0 Å². The lowest BCUT2D eigenvalue weighted by Crippen LogP contribution is -2.27. The SMILES string of the molecule is N#CC1=C(N)OC2=C(C(=O)CCC2)C1c1ccc([N+](=O)[O-])o1. The molecule has 0 radical (unpaired) electrons. The highest BCUT2D eigenvalue weighted by atomic mass is 16.6. The maximum absolute atomic E-state index is 12.2. The van der Waals surface area contributed by atoms with E-state index in [0.29, 0.717) is 30.6 Å². The molecule has 0 amide bonds. The fraction of sp³-hybridized carbons (Fsp3) is 0.286. The second-order valence-corrected chi connectivity index (χ2v) is 4.97. The first-order chi connectivity index (χ1) is 10.5. The van der Waals surface area contributed by atoms with Crippen molar-refractivity contribution in [3.05, 3.63) is 50.8 Å². The van der Waals surface area contributed by atoms with E-state index < -0.39 is 16.7 Å². The van der Waals surface area contributed by atoms with Crippen LogP contribution in [0.5, 0.6) is 0 Å². The number of carbonyl (C=O) groups excluding carboxylic acids is 1. The first-order valence-electron chi connectivity index (χ1n) is 6.61. The van der Waals surface area contributed by atoms with Gasteiger partial charge in [-0.15, -0.1) is 0 Å². The molecule has 1 aliphatic carbocycles. The van der Waals surface area contributed by atoms with E-state index in [9.17, 15) is 20.2 Å². The van der Waals surface area contributed by atoms with E-state index in [1.54, 1.807) is 0 Å². The summed E-state index contributed by atoms with van der Waals surface area (Å²) in [4.78, 5) is 22.3. The molecule has 0 saturated heterocycles. The van der Waals surface area contributed by atoms with Crippen molar-refractivity contribution in [2.24, 2.45) is 5.73 Å². The van der Waals surface area contributed by atoms with Crippen LogP contribution in [-0.2, 0) is 9.53 Å². The van der Waals surface area contributed by atoms with E-state index >= 15 is 0 Å². The molecular weight excluding hydrogens is 290 g/mol. The Bertz CT molecular complexity index is 781. The number of hydrogen-bond donors (Lipinski definition) is 1. The molecule has 1 atom stereocenters. The first kappa shape index (κ1) is 13.9. The minimum atomic E-state index is -0.852. The smallest absolute Gasteiger partial charge is 0.433 e. The highest BCUT2D eigenvalue weighted by Crippen LogP contribution is 2.44. The number of nitrogens with zero attached hydrogens (tertiary/aromatic N) is 2. The molecule has 1 unspecified atom stereocenters. The van der Waals surface area contributed by atoms with E-state index in [4.69, 9.17) is 14.9 Å². The maximum Gasteiger partial charge on any atom is 0.433 e. The minimum Gasteiger partial charge on any atom is -0.444 e. The summed E-state index contributed by atoms with van der Waals surface area (Å²) in [6.07, 6.45) is 1.50. The second kappa shape index (κ2) is 5.04. The lowest BCUT2D eigenvalue weighted by molar-refractivity contribution is -0.402. The lowest BCUT2D eigenvalue weighted by Gasteiger charge is -2.29. The Morgan fingerprint density at radius 3 is 2.82 bits per heavy atom. The van der Waals surface area contributed by atoms with Gasteiger partial charge in [-0.3, -0.25) is 14.9 Å². The molecule has 2 N–H and O–H groups in total. The Kier molecular flexibility index (Phi) is 3.18. The summed E-state index contributed by atoms with van der Waals surface area (Å²) in [5, 5.41) is 20.1. The van der Waals surface area contributed by atoms with Gasteiger partial charge in [-0.25, -0.2) is 0 Å². The standard InChI is InChI=1S/C14H11N3O5/c15-6-7-12(10-4-5-11(21-10)17(19)20)13-8(18)2-1-3-9(13)22-14(7)16/h4-5,12H,1-3,16H2. The predicted molar refractivity (Wildman–Crippen MR) is 71.9 cm³/mol. The molecule has 3 rings (SSSR count). The quantitative estimate of drug-likeness (QED) is 0.652. The van der Waals surface area contributed by atoms with Crippen LogP contribution in [0.15, 0.2) is 39.3 Å². The average Bonchev–Trinajstić information content (AvgIpc) is 2.95. The highest BCUT2D eigenvalue weighted by Gasteiger charge is 2.40. The number of furan rings is 1. The molecule has 0 bridgehead atoms. The van der Waals surface area contributed by atoms with Gasteiger partial charge in [0.1, 0.15) is 28.1 Å². The third-order valence-electron chi connectivity index (χ3n) is 3.68.